The zero-order chi connectivity index (χ0) is 14.7. The highest BCUT2D eigenvalue weighted by Crippen LogP contribution is 2.62. The van der Waals surface area contributed by atoms with E-state index < -0.39 is 0 Å². The normalized spacial score (nSPS) is 35.6. The molecule has 2 aliphatic heterocycles. The minimum atomic E-state index is 0. The number of benzene rings is 1. The van der Waals surface area contributed by atoms with Crippen LogP contribution in [0.15, 0.2) is 18.2 Å². The smallest absolute Gasteiger partial charge is 0.223 e. The molecule has 0 N–H and O–H groups in total. The molecule has 2 saturated heterocycles. The highest BCUT2D eigenvalue weighted by molar-refractivity contribution is 9.09. The van der Waals surface area contributed by atoms with Gasteiger partial charge in [0.2, 0.25) is 6.23 Å². The van der Waals surface area contributed by atoms with Crippen molar-refractivity contribution < 1.29 is 26.2 Å². The van der Waals surface area contributed by atoms with Crippen molar-refractivity contribution in [1.82, 2.24) is 0 Å². The predicted molar refractivity (Wildman–Crippen MR) is 88.8 cm³/mol. The number of hydrogen-bond donors (Lipinski definition) is 0. The number of halogens is 4. The van der Waals surface area contributed by atoms with Crippen molar-refractivity contribution >= 4 is 39.1 Å². The lowest BCUT2D eigenvalue weighted by atomic mass is 9.81. The van der Waals surface area contributed by atoms with Gasteiger partial charge in [0.1, 0.15) is 18.7 Å². The summed E-state index contributed by atoms with van der Waals surface area (Å²) in [4.78, 5) is 0.495. The average molecular weight is 472 g/mol. The third-order valence-electron chi connectivity index (χ3n) is 5.64. The Balaban J connectivity index is 0.00000144. The summed E-state index contributed by atoms with van der Waals surface area (Å²) in [6.07, 6.45) is 6.61. The molecule has 1 aromatic rings. The molecule has 3 aliphatic rings. The highest BCUT2D eigenvalue weighted by Gasteiger charge is 2.74. The Labute approximate surface area is 160 Å². The van der Waals surface area contributed by atoms with Gasteiger partial charge in [-0.3, -0.25) is 4.48 Å². The van der Waals surface area contributed by atoms with Crippen LogP contribution >= 0.6 is 39.1 Å². The molecule has 0 radical (unpaired) electrons. The van der Waals surface area contributed by atoms with Crippen molar-refractivity contribution in [1.29, 1.82) is 0 Å². The van der Waals surface area contributed by atoms with Crippen LogP contribution in [0.25, 0.3) is 0 Å². The molecule has 1 saturated carbocycles. The molecule has 0 aromatic heterocycles. The summed E-state index contributed by atoms with van der Waals surface area (Å²) in [5, 5.41) is 1.41. The number of nitrogens with zero attached hydrogens (tertiary/aromatic N) is 1. The Hall–Kier alpha value is 0.680. The number of rotatable bonds is 1. The van der Waals surface area contributed by atoms with E-state index >= 15 is 0 Å². The lowest BCUT2D eigenvalue weighted by Crippen LogP contribution is -3.00. The molecule has 1 aromatic carbocycles. The second-order valence-electron chi connectivity index (χ2n) is 6.66. The van der Waals surface area contributed by atoms with Gasteiger partial charge in [0.25, 0.3) is 0 Å². The molecule has 4 rings (SSSR count). The predicted octanol–water partition coefficient (Wildman–Crippen LogP) is 2.28. The SMILES string of the molecule is Clc1ccc(C2OCC3(CCCCC3)[N+]23CC3Br)c(Cl)c1.[Br-]. The maximum Gasteiger partial charge on any atom is 0.223 e. The van der Waals surface area contributed by atoms with Crippen LogP contribution in [0.5, 0.6) is 0 Å². The van der Waals surface area contributed by atoms with E-state index in [-0.39, 0.29) is 23.2 Å². The van der Waals surface area contributed by atoms with Crippen LogP contribution in [0.4, 0.5) is 0 Å². The van der Waals surface area contributed by atoms with E-state index in [2.05, 4.69) is 15.9 Å². The second-order valence-corrected chi connectivity index (χ2v) is 8.56. The van der Waals surface area contributed by atoms with Crippen LogP contribution in [-0.4, -0.2) is 28.1 Å². The lowest BCUT2D eigenvalue weighted by Gasteiger charge is -2.39. The Bertz CT molecular complexity index is 579. The number of hydrogen-bond acceptors (Lipinski definition) is 1. The molecule has 3 atom stereocenters. The first-order chi connectivity index (χ1) is 10.1. The quantitative estimate of drug-likeness (QED) is 0.264. The van der Waals surface area contributed by atoms with Gasteiger partial charge in [0.15, 0.2) is 4.95 Å². The van der Waals surface area contributed by atoms with E-state index in [0.717, 1.165) is 28.2 Å². The Kier molecular flexibility index (Phi) is 4.93. The number of ether oxygens (including phenoxy) is 1. The van der Waals surface area contributed by atoms with Gasteiger partial charge in [-0.25, -0.2) is 0 Å². The zero-order valence-electron chi connectivity index (χ0n) is 12.2. The molecular weight excluding hydrogens is 453 g/mol. The largest absolute Gasteiger partial charge is 1.00 e. The Morgan fingerprint density at radius 1 is 1.18 bits per heavy atom. The molecular formula is C16H19Br2Cl2NO. The topological polar surface area (TPSA) is 9.23 Å². The standard InChI is InChI=1S/C16H19BrCl2NO.BrH/c17-14-9-20(14)15(12-5-4-11(18)8-13(12)19)21-10-16(20)6-2-1-3-7-16;/h4-5,8,14-15H,1-3,6-7,9-10H2;1H/q+1;/p-1. The van der Waals surface area contributed by atoms with Crippen LogP contribution in [0.3, 0.4) is 0 Å². The van der Waals surface area contributed by atoms with Crippen molar-refractivity contribution in [2.24, 2.45) is 0 Å². The van der Waals surface area contributed by atoms with Crippen molar-refractivity contribution in [3.63, 3.8) is 0 Å². The molecule has 2 heterocycles. The van der Waals surface area contributed by atoms with Gasteiger partial charge in [-0.05, 0) is 47.0 Å². The van der Waals surface area contributed by atoms with Crippen LogP contribution in [0.2, 0.25) is 10.0 Å². The summed E-state index contributed by atoms with van der Waals surface area (Å²) >= 11 is 16.4. The Morgan fingerprint density at radius 2 is 1.86 bits per heavy atom. The number of alkyl halides is 1. The second kappa shape index (κ2) is 6.20. The van der Waals surface area contributed by atoms with Crippen LogP contribution in [0.1, 0.15) is 43.9 Å². The summed E-state index contributed by atoms with van der Waals surface area (Å²) in [5.41, 5.74) is 1.38. The van der Waals surface area contributed by atoms with Crippen LogP contribution < -0.4 is 17.0 Å². The van der Waals surface area contributed by atoms with E-state index in [9.17, 15) is 0 Å². The first-order valence-corrected chi connectivity index (χ1v) is 9.34. The third-order valence-corrected chi connectivity index (χ3v) is 7.23. The van der Waals surface area contributed by atoms with Crippen molar-refractivity contribution in [2.45, 2.75) is 48.8 Å². The fourth-order valence-corrected chi connectivity index (χ4v) is 6.11. The summed E-state index contributed by atoms with van der Waals surface area (Å²) in [5.74, 6) is 0. The van der Waals surface area contributed by atoms with Gasteiger partial charge >= 0.3 is 0 Å². The maximum atomic E-state index is 6.45. The summed E-state index contributed by atoms with van der Waals surface area (Å²) < 4.78 is 7.34. The monoisotopic (exact) mass is 469 g/mol. The number of quaternary nitrogens is 1. The summed E-state index contributed by atoms with van der Waals surface area (Å²) in [6.45, 7) is 2.00. The molecule has 2 nitrogen and oxygen atoms in total. The third kappa shape index (κ3) is 2.41. The maximum absolute atomic E-state index is 6.45. The molecule has 3 fully saturated rings. The van der Waals surface area contributed by atoms with E-state index in [1.165, 1.54) is 32.1 Å². The van der Waals surface area contributed by atoms with Gasteiger partial charge in [-0.1, -0.05) is 29.6 Å². The van der Waals surface area contributed by atoms with Crippen molar-refractivity contribution in [2.75, 3.05) is 13.2 Å². The minimum Gasteiger partial charge on any atom is -1.00 e. The first kappa shape index (κ1) is 17.5. The highest BCUT2D eigenvalue weighted by atomic mass is 79.9. The fourth-order valence-electron chi connectivity index (χ4n) is 4.48. The summed E-state index contributed by atoms with van der Waals surface area (Å²) in [7, 11) is 0. The average Bonchev–Trinajstić information content (AvgIpc) is 3.06. The fraction of sp³-hybridized carbons (Fsp3) is 0.625. The van der Waals surface area contributed by atoms with Crippen LogP contribution in [-0.2, 0) is 4.74 Å². The van der Waals surface area contributed by atoms with Crippen molar-refractivity contribution in [3.8, 4) is 0 Å². The lowest BCUT2D eigenvalue weighted by molar-refractivity contribution is -0.889. The molecule has 122 valence electrons. The van der Waals surface area contributed by atoms with E-state index in [1.807, 2.05) is 18.2 Å². The molecule has 0 bridgehead atoms. The van der Waals surface area contributed by atoms with E-state index in [4.69, 9.17) is 27.9 Å². The molecule has 1 aliphatic carbocycles. The van der Waals surface area contributed by atoms with Crippen LogP contribution in [0, 0.1) is 0 Å². The molecule has 0 amide bonds. The minimum absolute atomic E-state index is 0. The molecule has 22 heavy (non-hydrogen) atoms. The molecule has 3 unspecified atom stereocenters. The van der Waals surface area contributed by atoms with Crippen molar-refractivity contribution in [3.05, 3.63) is 33.8 Å². The Morgan fingerprint density at radius 3 is 2.45 bits per heavy atom. The first-order valence-electron chi connectivity index (χ1n) is 7.67. The van der Waals surface area contributed by atoms with E-state index in [0.29, 0.717) is 15.5 Å². The van der Waals surface area contributed by atoms with Gasteiger partial charge in [-0.2, -0.15) is 0 Å². The molecule has 6 heteroatoms. The number of fused-ring (bicyclic) bond motifs is 1. The van der Waals surface area contributed by atoms with Gasteiger partial charge in [0.05, 0.1) is 10.6 Å². The van der Waals surface area contributed by atoms with Gasteiger partial charge < -0.3 is 21.7 Å². The summed E-state index contributed by atoms with van der Waals surface area (Å²) in [6, 6.07) is 5.79. The van der Waals surface area contributed by atoms with E-state index in [1.54, 1.807) is 0 Å². The van der Waals surface area contributed by atoms with Gasteiger partial charge in [-0.15, -0.1) is 0 Å². The molecule has 2 spiro atoms. The zero-order valence-corrected chi connectivity index (χ0v) is 16.9. The van der Waals surface area contributed by atoms with Gasteiger partial charge in [0, 0.05) is 17.9 Å².